The van der Waals surface area contributed by atoms with Gasteiger partial charge in [-0.05, 0) is 54.7 Å². The Kier molecular flexibility index (Phi) is 11.6. The molecule has 7 nitrogen and oxygen atoms in total. The summed E-state index contributed by atoms with van der Waals surface area (Å²) in [6.07, 6.45) is 0.855. The SMILES string of the molecule is CCc1ccccc1N(CC(=O)N(Cc1c(Cl)cccc1Cl)C(CC)C(=O)NCC(C)C)S(=O)(=O)c1ccccc1. The average Bonchev–Trinajstić information content (AvgIpc) is 2.96. The second kappa shape index (κ2) is 14.7. The van der Waals surface area contributed by atoms with Crippen LogP contribution in [0, 0.1) is 5.92 Å². The largest absolute Gasteiger partial charge is 0.354 e. The maximum Gasteiger partial charge on any atom is 0.264 e. The Morgan fingerprint density at radius 3 is 2.07 bits per heavy atom. The van der Waals surface area contributed by atoms with E-state index in [-0.39, 0.29) is 23.3 Å². The molecular weight excluding hydrogens is 581 g/mol. The van der Waals surface area contributed by atoms with Gasteiger partial charge in [0.15, 0.2) is 0 Å². The van der Waals surface area contributed by atoms with Gasteiger partial charge in [-0.25, -0.2) is 8.42 Å². The van der Waals surface area contributed by atoms with Crippen LogP contribution in [0.25, 0.3) is 0 Å². The van der Waals surface area contributed by atoms with Gasteiger partial charge in [0.25, 0.3) is 10.0 Å². The summed E-state index contributed by atoms with van der Waals surface area (Å²) in [5.74, 6) is -0.683. The lowest BCUT2D eigenvalue weighted by molar-refractivity contribution is -0.140. The normalized spacial score (nSPS) is 12.2. The highest BCUT2D eigenvalue weighted by Gasteiger charge is 2.34. The van der Waals surface area contributed by atoms with Crippen LogP contribution in [0.1, 0.15) is 45.2 Å². The summed E-state index contributed by atoms with van der Waals surface area (Å²) in [4.78, 5) is 29.0. The smallest absolute Gasteiger partial charge is 0.264 e. The van der Waals surface area contributed by atoms with E-state index in [1.807, 2.05) is 32.9 Å². The number of nitrogens with one attached hydrogen (secondary N) is 1. The van der Waals surface area contributed by atoms with Crippen molar-refractivity contribution in [3.63, 3.8) is 0 Å². The third kappa shape index (κ3) is 8.03. The molecule has 0 aliphatic carbocycles. The molecule has 10 heteroatoms. The summed E-state index contributed by atoms with van der Waals surface area (Å²) in [7, 11) is -4.15. The zero-order valence-corrected chi connectivity index (χ0v) is 26.1. The number of amides is 2. The van der Waals surface area contributed by atoms with Crippen LogP contribution in [0.2, 0.25) is 10.0 Å². The third-order valence-corrected chi connectivity index (χ3v) is 9.19. The van der Waals surface area contributed by atoms with E-state index in [9.17, 15) is 18.0 Å². The zero-order chi connectivity index (χ0) is 30.2. The van der Waals surface area contributed by atoms with Gasteiger partial charge in [-0.3, -0.25) is 13.9 Å². The molecule has 3 aromatic rings. The van der Waals surface area contributed by atoms with E-state index in [1.54, 1.807) is 55.5 Å². The van der Waals surface area contributed by atoms with Gasteiger partial charge in [-0.1, -0.05) is 93.4 Å². The van der Waals surface area contributed by atoms with Crippen molar-refractivity contribution >= 4 is 50.7 Å². The number of halogens is 2. The molecule has 220 valence electrons. The summed E-state index contributed by atoms with van der Waals surface area (Å²) in [6.45, 7) is 7.52. The molecule has 0 bridgehead atoms. The van der Waals surface area contributed by atoms with Crippen LogP contribution in [0.3, 0.4) is 0 Å². The highest BCUT2D eigenvalue weighted by Crippen LogP contribution is 2.30. The first-order chi connectivity index (χ1) is 19.5. The van der Waals surface area contributed by atoms with Gasteiger partial charge in [-0.2, -0.15) is 0 Å². The molecule has 1 unspecified atom stereocenters. The molecule has 1 atom stereocenters. The van der Waals surface area contributed by atoms with Crippen LogP contribution < -0.4 is 9.62 Å². The summed E-state index contributed by atoms with van der Waals surface area (Å²) in [6, 6.07) is 19.2. The summed E-state index contributed by atoms with van der Waals surface area (Å²) < 4.78 is 29.1. The van der Waals surface area contributed by atoms with Crippen LogP contribution in [-0.4, -0.2) is 44.3 Å². The Labute approximate surface area is 253 Å². The van der Waals surface area contributed by atoms with Crippen LogP contribution >= 0.6 is 23.2 Å². The highest BCUT2D eigenvalue weighted by atomic mass is 35.5. The monoisotopic (exact) mass is 617 g/mol. The van der Waals surface area contributed by atoms with Crippen molar-refractivity contribution in [3.05, 3.63) is 94.0 Å². The number of aryl methyl sites for hydroxylation is 1. The number of sulfonamides is 1. The molecule has 0 saturated heterocycles. The van der Waals surface area contributed by atoms with Crippen molar-refractivity contribution < 1.29 is 18.0 Å². The minimum absolute atomic E-state index is 0.0566. The third-order valence-electron chi connectivity index (χ3n) is 6.71. The van der Waals surface area contributed by atoms with Crippen molar-refractivity contribution in [3.8, 4) is 0 Å². The topological polar surface area (TPSA) is 86.8 Å². The lowest BCUT2D eigenvalue weighted by Crippen LogP contribution is -2.52. The Hall–Kier alpha value is -3.07. The Morgan fingerprint density at radius 2 is 1.49 bits per heavy atom. The van der Waals surface area contributed by atoms with E-state index in [0.717, 1.165) is 9.87 Å². The first kappa shape index (κ1) is 32.4. The molecule has 0 saturated carbocycles. The molecule has 41 heavy (non-hydrogen) atoms. The molecule has 0 aliphatic heterocycles. The number of carbonyl (C=O) groups is 2. The van der Waals surface area contributed by atoms with E-state index in [0.29, 0.717) is 40.7 Å². The molecule has 0 radical (unpaired) electrons. The quantitative estimate of drug-likeness (QED) is 0.243. The van der Waals surface area contributed by atoms with Crippen molar-refractivity contribution in [2.45, 2.75) is 58.0 Å². The van der Waals surface area contributed by atoms with Crippen molar-refractivity contribution in [2.24, 2.45) is 5.92 Å². The van der Waals surface area contributed by atoms with E-state index in [2.05, 4.69) is 5.32 Å². The van der Waals surface area contributed by atoms with Gasteiger partial charge in [0.05, 0.1) is 10.6 Å². The summed E-state index contributed by atoms with van der Waals surface area (Å²) in [5.41, 5.74) is 1.65. The number of hydrogen-bond donors (Lipinski definition) is 1. The van der Waals surface area contributed by atoms with E-state index < -0.39 is 28.5 Å². The molecule has 1 N–H and O–H groups in total. The first-order valence-corrected chi connectivity index (χ1v) is 15.9. The molecule has 2 amide bonds. The van der Waals surface area contributed by atoms with Gasteiger partial charge in [-0.15, -0.1) is 0 Å². The van der Waals surface area contributed by atoms with Gasteiger partial charge in [0, 0.05) is 28.7 Å². The van der Waals surface area contributed by atoms with Crippen molar-refractivity contribution in [2.75, 3.05) is 17.4 Å². The maximum absolute atomic E-state index is 14.2. The van der Waals surface area contributed by atoms with E-state index in [1.165, 1.54) is 17.0 Å². The molecule has 0 heterocycles. The predicted octanol–water partition coefficient (Wildman–Crippen LogP) is 6.33. The Balaban J connectivity index is 2.11. The first-order valence-electron chi connectivity index (χ1n) is 13.7. The van der Waals surface area contributed by atoms with Crippen molar-refractivity contribution in [1.82, 2.24) is 10.2 Å². The van der Waals surface area contributed by atoms with E-state index in [4.69, 9.17) is 23.2 Å². The molecule has 3 rings (SSSR count). The van der Waals surface area contributed by atoms with Gasteiger partial charge in [0.2, 0.25) is 11.8 Å². The minimum atomic E-state index is -4.15. The number of benzene rings is 3. The number of anilines is 1. The maximum atomic E-state index is 14.2. The van der Waals surface area contributed by atoms with Crippen LogP contribution in [0.4, 0.5) is 5.69 Å². The Bertz CT molecular complexity index is 1430. The molecular formula is C31H37Cl2N3O4S. The highest BCUT2D eigenvalue weighted by molar-refractivity contribution is 7.92. The number of rotatable bonds is 13. The molecule has 0 fully saturated rings. The number of hydrogen-bond acceptors (Lipinski definition) is 4. The lowest BCUT2D eigenvalue weighted by atomic mass is 10.1. The second-order valence-corrected chi connectivity index (χ2v) is 12.8. The second-order valence-electron chi connectivity index (χ2n) is 10.1. The van der Waals surface area contributed by atoms with Gasteiger partial charge < -0.3 is 10.2 Å². The zero-order valence-electron chi connectivity index (χ0n) is 23.8. The van der Waals surface area contributed by atoms with Crippen LogP contribution in [-0.2, 0) is 32.6 Å². The average molecular weight is 619 g/mol. The molecule has 0 aliphatic rings. The number of carbonyl (C=O) groups excluding carboxylic acids is 2. The van der Waals surface area contributed by atoms with Gasteiger partial charge >= 0.3 is 0 Å². The van der Waals surface area contributed by atoms with Gasteiger partial charge in [0.1, 0.15) is 12.6 Å². The molecule has 0 spiro atoms. The molecule has 3 aromatic carbocycles. The lowest BCUT2D eigenvalue weighted by Gasteiger charge is -2.34. The summed E-state index contributed by atoms with van der Waals surface area (Å²) in [5, 5.41) is 3.60. The standard InChI is InChI=1S/C31H37Cl2N3O4S/c1-5-23-13-10-11-18-29(23)36(41(39,40)24-14-8-7-9-15-24)21-30(37)35(20-25-26(32)16-12-17-27(25)33)28(6-2)31(38)34-19-22(3)4/h7-18,22,28H,5-6,19-21H2,1-4H3,(H,34,38). The number of nitrogens with zero attached hydrogens (tertiary/aromatic N) is 2. The fraction of sp³-hybridized carbons (Fsp3) is 0.355. The van der Waals surface area contributed by atoms with E-state index >= 15 is 0 Å². The van der Waals surface area contributed by atoms with Crippen molar-refractivity contribution in [1.29, 1.82) is 0 Å². The summed E-state index contributed by atoms with van der Waals surface area (Å²) >= 11 is 12.9. The number of para-hydroxylation sites is 1. The van der Waals surface area contributed by atoms with Crippen LogP contribution in [0.5, 0.6) is 0 Å². The molecule has 0 aromatic heterocycles. The fourth-order valence-electron chi connectivity index (χ4n) is 4.48. The predicted molar refractivity (Wildman–Crippen MR) is 166 cm³/mol. The van der Waals surface area contributed by atoms with Crippen LogP contribution in [0.15, 0.2) is 77.7 Å². The Morgan fingerprint density at radius 1 is 0.878 bits per heavy atom. The fourth-order valence-corrected chi connectivity index (χ4v) is 6.47. The minimum Gasteiger partial charge on any atom is -0.354 e.